The maximum Gasteiger partial charge on any atom is 0.365 e. The van der Waals surface area contributed by atoms with Crippen molar-refractivity contribution in [1.29, 1.82) is 0 Å². The fraction of sp³-hybridized carbons (Fsp3) is 0.944. The average Bonchev–Trinajstić information content (AvgIpc) is 2.99. The van der Waals surface area contributed by atoms with Crippen molar-refractivity contribution in [3.63, 3.8) is 0 Å². The summed E-state index contributed by atoms with van der Waals surface area (Å²) >= 11 is 0. The van der Waals surface area contributed by atoms with E-state index in [0.29, 0.717) is 18.6 Å². The van der Waals surface area contributed by atoms with Gasteiger partial charge in [-0.1, -0.05) is 26.7 Å². The second-order valence-corrected chi connectivity index (χ2v) is 7.54. The SMILES string of the molecule is CC(C)CO[C@H]1[C@H](C)OC(=O)[C@@H]([NH3+])CCC[C@@H]1OC1CCCC1.[Cl-]. The molecule has 0 bridgehead atoms. The van der Waals surface area contributed by atoms with Gasteiger partial charge in [0.2, 0.25) is 0 Å². The van der Waals surface area contributed by atoms with Gasteiger partial charge in [-0.3, -0.25) is 0 Å². The number of carbonyl (C=O) groups is 1. The topological polar surface area (TPSA) is 72.4 Å². The smallest absolute Gasteiger partial charge is 0.365 e. The number of esters is 1. The summed E-state index contributed by atoms with van der Waals surface area (Å²) in [7, 11) is 0. The van der Waals surface area contributed by atoms with Crippen LogP contribution in [0, 0.1) is 5.92 Å². The largest absolute Gasteiger partial charge is 1.00 e. The molecule has 6 heteroatoms. The van der Waals surface area contributed by atoms with Crippen molar-refractivity contribution in [3.8, 4) is 0 Å². The number of cyclic esters (lactones) is 1. The molecule has 2 rings (SSSR count). The van der Waals surface area contributed by atoms with Crippen LogP contribution in [-0.4, -0.2) is 43.0 Å². The highest BCUT2D eigenvalue weighted by Gasteiger charge is 2.36. The van der Waals surface area contributed by atoms with Gasteiger partial charge in [0, 0.05) is 13.0 Å². The summed E-state index contributed by atoms with van der Waals surface area (Å²) in [4.78, 5) is 12.1. The van der Waals surface area contributed by atoms with Crippen LogP contribution in [0.2, 0.25) is 0 Å². The average molecular weight is 364 g/mol. The van der Waals surface area contributed by atoms with Gasteiger partial charge in [0.1, 0.15) is 12.2 Å². The Labute approximate surface area is 152 Å². The van der Waals surface area contributed by atoms with Crippen LogP contribution in [0.25, 0.3) is 0 Å². The molecule has 0 aromatic heterocycles. The second kappa shape index (κ2) is 10.6. The molecule has 2 aliphatic rings. The van der Waals surface area contributed by atoms with Crippen LogP contribution in [0.5, 0.6) is 0 Å². The maximum atomic E-state index is 12.1. The summed E-state index contributed by atoms with van der Waals surface area (Å²) in [6, 6.07) is -0.284. The predicted molar refractivity (Wildman–Crippen MR) is 87.8 cm³/mol. The van der Waals surface area contributed by atoms with Gasteiger partial charge in [0.05, 0.1) is 12.2 Å². The van der Waals surface area contributed by atoms with Crippen LogP contribution < -0.4 is 18.1 Å². The minimum absolute atomic E-state index is 0. The zero-order valence-corrected chi connectivity index (χ0v) is 16.1. The minimum Gasteiger partial charge on any atom is -1.00 e. The highest BCUT2D eigenvalue weighted by Crippen LogP contribution is 2.28. The van der Waals surface area contributed by atoms with Gasteiger partial charge in [0.15, 0.2) is 6.04 Å². The Morgan fingerprint density at radius 2 is 1.83 bits per heavy atom. The maximum absolute atomic E-state index is 12.1. The number of quaternary nitrogens is 1. The molecular formula is C18H34ClNO4. The van der Waals surface area contributed by atoms with Gasteiger partial charge in [0.25, 0.3) is 0 Å². The molecular weight excluding hydrogens is 330 g/mol. The van der Waals surface area contributed by atoms with Crippen LogP contribution >= 0.6 is 0 Å². The third-order valence-corrected chi connectivity index (χ3v) is 4.80. The third kappa shape index (κ3) is 6.51. The van der Waals surface area contributed by atoms with E-state index in [-0.39, 0.29) is 42.7 Å². The summed E-state index contributed by atoms with van der Waals surface area (Å²) < 4.78 is 18.1. The molecule has 1 saturated carbocycles. The van der Waals surface area contributed by atoms with E-state index >= 15 is 0 Å². The first-order valence-electron chi connectivity index (χ1n) is 9.28. The molecule has 0 spiro atoms. The van der Waals surface area contributed by atoms with Gasteiger partial charge < -0.3 is 32.4 Å². The summed E-state index contributed by atoms with van der Waals surface area (Å²) in [5.74, 6) is 0.232. The Morgan fingerprint density at radius 3 is 2.46 bits per heavy atom. The van der Waals surface area contributed by atoms with Crippen molar-refractivity contribution in [2.45, 2.75) is 96.2 Å². The van der Waals surface area contributed by atoms with E-state index < -0.39 is 0 Å². The summed E-state index contributed by atoms with van der Waals surface area (Å²) in [5.41, 5.74) is 3.93. The lowest BCUT2D eigenvalue weighted by molar-refractivity contribution is -0.410. The Balaban J connectivity index is 0.00000288. The lowest BCUT2D eigenvalue weighted by Crippen LogP contribution is -3.00. The van der Waals surface area contributed by atoms with Crippen LogP contribution in [0.4, 0.5) is 0 Å². The van der Waals surface area contributed by atoms with Crippen LogP contribution in [0.1, 0.15) is 65.7 Å². The van der Waals surface area contributed by atoms with Crippen molar-refractivity contribution >= 4 is 5.97 Å². The molecule has 142 valence electrons. The lowest BCUT2D eigenvalue weighted by atomic mass is 10.0. The molecule has 0 unspecified atom stereocenters. The normalized spacial score (nSPS) is 32.6. The van der Waals surface area contributed by atoms with Gasteiger partial charge >= 0.3 is 5.97 Å². The van der Waals surface area contributed by atoms with Crippen molar-refractivity contribution in [1.82, 2.24) is 0 Å². The minimum atomic E-state index is -0.296. The summed E-state index contributed by atoms with van der Waals surface area (Å²) in [6.45, 7) is 6.84. The van der Waals surface area contributed by atoms with E-state index in [9.17, 15) is 4.79 Å². The van der Waals surface area contributed by atoms with Crippen molar-refractivity contribution in [2.24, 2.45) is 5.92 Å². The molecule has 0 aromatic carbocycles. The monoisotopic (exact) mass is 363 g/mol. The molecule has 5 nitrogen and oxygen atoms in total. The van der Waals surface area contributed by atoms with Gasteiger partial charge in [-0.25, -0.2) is 4.79 Å². The van der Waals surface area contributed by atoms with E-state index in [2.05, 4.69) is 19.6 Å². The first kappa shape index (κ1) is 21.7. The van der Waals surface area contributed by atoms with Crippen molar-refractivity contribution < 1.29 is 37.1 Å². The summed E-state index contributed by atoms with van der Waals surface area (Å²) in [5, 5.41) is 0. The Kier molecular flexibility index (Phi) is 9.57. The molecule has 0 radical (unpaired) electrons. The molecule has 24 heavy (non-hydrogen) atoms. The fourth-order valence-corrected chi connectivity index (χ4v) is 3.46. The number of hydrogen-bond acceptors (Lipinski definition) is 4. The number of hydrogen-bond donors (Lipinski definition) is 1. The van der Waals surface area contributed by atoms with Crippen LogP contribution in [0.3, 0.4) is 0 Å². The van der Waals surface area contributed by atoms with Gasteiger partial charge in [-0.05, 0) is 38.5 Å². The Morgan fingerprint density at radius 1 is 1.17 bits per heavy atom. The number of halogens is 1. The summed E-state index contributed by atoms with van der Waals surface area (Å²) in [6.07, 6.45) is 7.23. The van der Waals surface area contributed by atoms with E-state index in [1.165, 1.54) is 12.8 Å². The molecule has 3 N–H and O–H groups in total. The highest BCUT2D eigenvalue weighted by atomic mass is 35.5. The second-order valence-electron chi connectivity index (χ2n) is 7.54. The highest BCUT2D eigenvalue weighted by molar-refractivity contribution is 5.74. The lowest BCUT2D eigenvalue weighted by Gasteiger charge is -2.33. The van der Waals surface area contributed by atoms with Crippen LogP contribution in [0.15, 0.2) is 0 Å². The number of rotatable bonds is 5. The molecule has 1 saturated heterocycles. The zero-order valence-electron chi connectivity index (χ0n) is 15.3. The molecule has 4 atom stereocenters. The van der Waals surface area contributed by atoms with Gasteiger partial charge in [-0.2, -0.15) is 0 Å². The van der Waals surface area contributed by atoms with E-state index in [1.54, 1.807) is 0 Å². The van der Waals surface area contributed by atoms with Crippen LogP contribution in [-0.2, 0) is 19.0 Å². The standard InChI is InChI=1S/C18H33NO4.ClH/c1-12(2)11-21-17-13(3)22-18(20)15(19)9-6-10-16(17)23-14-7-4-5-8-14;/h12-17H,4-11,19H2,1-3H3;1H/t13-,15-,16-,17-;/m0./s1. The molecule has 1 aliphatic heterocycles. The molecule has 1 heterocycles. The molecule has 0 amide bonds. The van der Waals surface area contributed by atoms with Gasteiger partial charge in [-0.15, -0.1) is 0 Å². The fourth-order valence-electron chi connectivity index (χ4n) is 3.46. The molecule has 2 fully saturated rings. The van der Waals surface area contributed by atoms with E-state index in [1.807, 2.05) is 6.92 Å². The number of ether oxygens (including phenoxy) is 3. The first-order chi connectivity index (χ1) is 11.0. The Bertz CT molecular complexity index is 374. The van der Waals surface area contributed by atoms with Crippen molar-refractivity contribution in [2.75, 3.05) is 6.61 Å². The van der Waals surface area contributed by atoms with Crippen molar-refractivity contribution in [3.05, 3.63) is 0 Å². The third-order valence-electron chi connectivity index (χ3n) is 4.80. The molecule has 0 aromatic rings. The Hall–Kier alpha value is -0.360. The van der Waals surface area contributed by atoms with E-state index in [4.69, 9.17) is 14.2 Å². The zero-order chi connectivity index (χ0) is 16.8. The molecule has 1 aliphatic carbocycles. The number of carbonyl (C=O) groups excluding carboxylic acids is 1. The quantitative estimate of drug-likeness (QED) is 0.642. The predicted octanol–water partition coefficient (Wildman–Crippen LogP) is -0.914. The van der Waals surface area contributed by atoms with E-state index in [0.717, 1.165) is 32.1 Å². The first-order valence-corrected chi connectivity index (χ1v) is 9.28.